The Morgan fingerprint density at radius 2 is 1.71 bits per heavy atom. The topological polar surface area (TPSA) is 75.7 Å². The summed E-state index contributed by atoms with van der Waals surface area (Å²) in [5.41, 5.74) is 2.20. The van der Waals surface area contributed by atoms with E-state index in [4.69, 9.17) is 27.9 Å². The zero-order valence-electron chi connectivity index (χ0n) is 16.4. The van der Waals surface area contributed by atoms with Crippen molar-refractivity contribution in [3.63, 3.8) is 0 Å². The molecular formula is C22H18Cl2N2O4S. The molecule has 1 N–H and O–H groups in total. The predicted molar refractivity (Wildman–Crippen MR) is 122 cm³/mol. The number of methoxy groups -OCH3 is 1. The molecule has 31 heavy (non-hydrogen) atoms. The lowest BCUT2D eigenvalue weighted by Crippen LogP contribution is -2.29. The molecule has 1 amide bonds. The molecule has 3 aromatic carbocycles. The van der Waals surface area contributed by atoms with E-state index in [9.17, 15) is 13.2 Å². The highest BCUT2D eigenvalue weighted by Gasteiger charge is 2.31. The van der Waals surface area contributed by atoms with Gasteiger partial charge < -0.3 is 10.1 Å². The number of fused-ring (bicyclic) bond motifs is 1. The predicted octanol–water partition coefficient (Wildman–Crippen LogP) is 5.01. The maximum atomic E-state index is 13.0. The van der Waals surface area contributed by atoms with E-state index in [1.165, 1.54) is 23.5 Å². The first kappa shape index (κ1) is 21.5. The number of hydrogen-bond donors (Lipinski definition) is 1. The van der Waals surface area contributed by atoms with E-state index in [0.29, 0.717) is 45.7 Å². The highest BCUT2D eigenvalue weighted by Crippen LogP contribution is 2.34. The molecule has 0 atom stereocenters. The van der Waals surface area contributed by atoms with Crippen molar-refractivity contribution in [1.82, 2.24) is 0 Å². The molecule has 1 aliphatic heterocycles. The van der Waals surface area contributed by atoms with Gasteiger partial charge in [-0.15, -0.1) is 0 Å². The third-order valence-corrected chi connectivity index (χ3v) is 7.32. The lowest BCUT2D eigenvalue weighted by atomic mass is 10.1. The average Bonchev–Trinajstić information content (AvgIpc) is 3.18. The van der Waals surface area contributed by atoms with Crippen LogP contribution in [0.15, 0.2) is 65.6 Å². The van der Waals surface area contributed by atoms with Crippen molar-refractivity contribution in [2.24, 2.45) is 0 Å². The lowest BCUT2D eigenvalue weighted by molar-refractivity contribution is 0.102. The van der Waals surface area contributed by atoms with Crippen LogP contribution >= 0.6 is 23.2 Å². The molecular weight excluding hydrogens is 459 g/mol. The van der Waals surface area contributed by atoms with Crippen LogP contribution < -0.4 is 14.4 Å². The Bertz CT molecular complexity index is 1260. The Morgan fingerprint density at radius 1 is 1.00 bits per heavy atom. The van der Waals surface area contributed by atoms with Gasteiger partial charge in [-0.3, -0.25) is 9.10 Å². The first-order valence-electron chi connectivity index (χ1n) is 9.36. The maximum Gasteiger partial charge on any atom is 0.264 e. The molecule has 1 heterocycles. The van der Waals surface area contributed by atoms with Crippen LogP contribution in [-0.4, -0.2) is 28.0 Å². The summed E-state index contributed by atoms with van der Waals surface area (Å²) in [6.45, 7) is 0.299. The monoisotopic (exact) mass is 476 g/mol. The number of hydrogen-bond acceptors (Lipinski definition) is 4. The zero-order chi connectivity index (χ0) is 22.2. The second-order valence-electron chi connectivity index (χ2n) is 6.92. The van der Waals surface area contributed by atoms with Crippen molar-refractivity contribution in [3.8, 4) is 5.75 Å². The van der Waals surface area contributed by atoms with Gasteiger partial charge in [0.25, 0.3) is 15.9 Å². The van der Waals surface area contributed by atoms with Crippen molar-refractivity contribution in [3.05, 3.63) is 81.8 Å². The normalized spacial score (nSPS) is 13.1. The van der Waals surface area contributed by atoms with Gasteiger partial charge in [-0.25, -0.2) is 8.42 Å². The Hall–Kier alpha value is -2.74. The third kappa shape index (κ3) is 4.21. The summed E-state index contributed by atoms with van der Waals surface area (Å²) in [5.74, 6) is 0.140. The van der Waals surface area contributed by atoms with Crippen molar-refractivity contribution in [2.75, 3.05) is 23.3 Å². The Morgan fingerprint density at radius 3 is 2.42 bits per heavy atom. The molecule has 0 spiro atoms. The molecule has 0 radical (unpaired) electrons. The Balaban J connectivity index is 1.60. The van der Waals surface area contributed by atoms with Gasteiger partial charge in [0, 0.05) is 22.2 Å². The molecule has 4 rings (SSSR count). The van der Waals surface area contributed by atoms with Crippen LogP contribution in [0.4, 0.5) is 11.4 Å². The Labute approximate surface area is 190 Å². The number of carbonyl (C=O) groups is 1. The fourth-order valence-electron chi connectivity index (χ4n) is 3.47. The van der Waals surface area contributed by atoms with Gasteiger partial charge in [0.15, 0.2) is 0 Å². The molecule has 3 aromatic rings. The fraction of sp³-hybridized carbons (Fsp3) is 0.136. The molecule has 0 saturated carbocycles. The average molecular weight is 477 g/mol. The van der Waals surface area contributed by atoms with E-state index >= 15 is 0 Å². The van der Waals surface area contributed by atoms with Gasteiger partial charge >= 0.3 is 0 Å². The highest BCUT2D eigenvalue weighted by atomic mass is 35.5. The van der Waals surface area contributed by atoms with Gasteiger partial charge in [0.2, 0.25) is 0 Å². The van der Waals surface area contributed by atoms with Crippen LogP contribution in [0.2, 0.25) is 10.0 Å². The van der Waals surface area contributed by atoms with Gasteiger partial charge in [0.1, 0.15) is 5.75 Å². The third-order valence-electron chi connectivity index (χ3n) is 5.01. The first-order valence-corrected chi connectivity index (χ1v) is 11.6. The molecule has 0 fully saturated rings. The standard InChI is InChI=1S/C22H18Cl2N2O4S/c1-30-21-9-5-17(24)13-19(21)25-22(27)15-2-8-20-14(12-15)10-11-26(20)31(28,29)18-6-3-16(23)4-7-18/h2-9,12-13H,10-11H2,1H3,(H,25,27). The van der Waals surface area contributed by atoms with Crippen LogP contribution in [0.5, 0.6) is 5.75 Å². The fourth-order valence-corrected chi connectivity index (χ4v) is 5.27. The van der Waals surface area contributed by atoms with Gasteiger partial charge in [-0.05, 0) is 72.6 Å². The number of nitrogens with zero attached hydrogens (tertiary/aromatic N) is 1. The van der Waals surface area contributed by atoms with Gasteiger partial charge in [0.05, 0.1) is 23.4 Å². The van der Waals surface area contributed by atoms with Crippen molar-refractivity contribution >= 4 is 50.5 Å². The second-order valence-corrected chi connectivity index (χ2v) is 9.66. The lowest BCUT2D eigenvalue weighted by Gasteiger charge is -2.20. The van der Waals surface area contributed by atoms with Crippen LogP contribution in [0, 0.1) is 0 Å². The number of ether oxygens (including phenoxy) is 1. The molecule has 160 valence electrons. The number of carbonyl (C=O) groups excluding carboxylic acids is 1. The van der Waals surface area contributed by atoms with Crippen LogP contribution in [0.3, 0.4) is 0 Å². The zero-order valence-corrected chi connectivity index (χ0v) is 18.8. The molecule has 0 unspecified atom stereocenters. The van der Waals surface area contributed by atoms with E-state index in [-0.39, 0.29) is 10.8 Å². The summed E-state index contributed by atoms with van der Waals surface area (Å²) >= 11 is 11.9. The highest BCUT2D eigenvalue weighted by molar-refractivity contribution is 7.92. The summed E-state index contributed by atoms with van der Waals surface area (Å²) in [5, 5.41) is 3.72. The number of benzene rings is 3. The van der Waals surface area contributed by atoms with Crippen molar-refractivity contribution in [2.45, 2.75) is 11.3 Å². The van der Waals surface area contributed by atoms with E-state index in [2.05, 4.69) is 5.32 Å². The number of amides is 1. The summed E-state index contributed by atoms with van der Waals surface area (Å²) in [7, 11) is -2.22. The quantitative estimate of drug-likeness (QED) is 0.561. The molecule has 0 bridgehead atoms. The summed E-state index contributed by atoms with van der Waals surface area (Å²) in [4.78, 5) is 12.9. The van der Waals surface area contributed by atoms with Crippen molar-refractivity contribution < 1.29 is 17.9 Å². The van der Waals surface area contributed by atoms with Crippen LogP contribution in [-0.2, 0) is 16.4 Å². The molecule has 6 nitrogen and oxygen atoms in total. The minimum Gasteiger partial charge on any atom is -0.495 e. The molecule has 0 aromatic heterocycles. The maximum absolute atomic E-state index is 13.0. The SMILES string of the molecule is COc1ccc(Cl)cc1NC(=O)c1ccc2c(c1)CCN2S(=O)(=O)c1ccc(Cl)cc1. The smallest absolute Gasteiger partial charge is 0.264 e. The van der Waals surface area contributed by atoms with Gasteiger partial charge in [-0.2, -0.15) is 0 Å². The molecule has 1 aliphatic rings. The number of nitrogens with one attached hydrogen (secondary N) is 1. The largest absolute Gasteiger partial charge is 0.495 e. The van der Waals surface area contributed by atoms with Crippen LogP contribution in [0.1, 0.15) is 15.9 Å². The second kappa shape index (κ2) is 8.42. The molecule has 0 saturated heterocycles. The Kier molecular flexibility index (Phi) is 5.83. The summed E-state index contributed by atoms with van der Waals surface area (Å²) in [6.07, 6.45) is 0.504. The van der Waals surface area contributed by atoms with E-state index < -0.39 is 10.0 Å². The first-order chi connectivity index (χ1) is 14.8. The molecule has 0 aliphatic carbocycles. The van der Waals surface area contributed by atoms with Gasteiger partial charge in [-0.1, -0.05) is 23.2 Å². The van der Waals surface area contributed by atoms with E-state index in [1.54, 1.807) is 48.5 Å². The summed E-state index contributed by atoms with van der Waals surface area (Å²) < 4.78 is 32.7. The molecule has 9 heteroatoms. The number of halogens is 2. The number of anilines is 2. The number of sulfonamides is 1. The summed E-state index contributed by atoms with van der Waals surface area (Å²) in [6, 6.07) is 15.9. The minimum atomic E-state index is -3.72. The van der Waals surface area contributed by atoms with E-state index in [0.717, 1.165) is 5.56 Å². The minimum absolute atomic E-state index is 0.166. The number of rotatable bonds is 5. The van der Waals surface area contributed by atoms with Crippen LogP contribution in [0.25, 0.3) is 0 Å². The van der Waals surface area contributed by atoms with E-state index in [1.807, 2.05) is 0 Å². The van der Waals surface area contributed by atoms with Crippen molar-refractivity contribution in [1.29, 1.82) is 0 Å².